The van der Waals surface area contributed by atoms with Crippen LogP contribution in [0.4, 0.5) is 5.69 Å². The highest BCUT2D eigenvalue weighted by atomic mass is 35.5. The van der Waals surface area contributed by atoms with Gasteiger partial charge >= 0.3 is 0 Å². The molecule has 3 heterocycles. The zero-order valence-corrected chi connectivity index (χ0v) is 16.3. The normalized spacial score (nSPS) is 15.3. The molecule has 6 heteroatoms. The first-order valence-electron chi connectivity index (χ1n) is 9.76. The molecule has 0 spiro atoms. The molecule has 0 aliphatic carbocycles. The summed E-state index contributed by atoms with van der Waals surface area (Å²) < 4.78 is 0. The lowest BCUT2D eigenvalue weighted by atomic mass is 9.97. The summed E-state index contributed by atoms with van der Waals surface area (Å²) >= 11 is 6.19. The fraction of sp³-hybridized carbons (Fsp3) is 0.273. The van der Waals surface area contributed by atoms with Crippen LogP contribution < -0.4 is 10.6 Å². The Bertz CT molecular complexity index is 1100. The van der Waals surface area contributed by atoms with Crippen molar-refractivity contribution in [1.29, 1.82) is 0 Å². The first kappa shape index (κ1) is 17.5. The number of fused-ring (bicyclic) bond motifs is 2. The second-order valence-corrected chi connectivity index (χ2v) is 7.82. The zero-order chi connectivity index (χ0) is 18.9. The van der Waals surface area contributed by atoms with Crippen molar-refractivity contribution in [2.75, 3.05) is 25.0 Å². The smallest absolute Gasteiger partial charge is 0.142 e. The number of nitrogens with one attached hydrogen (secondary N) is 3. The average molecular weight is 392 g/mol. The number of benzene rings is 2. The molecular formula is C22H22ClN5. The lowest BCUT2D eigenvalue weighted by Gasteiger charge is -2.24. The number of H-pyrrole nitrogens is 1. The van der Waals surface area contributed by atoms with E-state index >= 15 is 0 Å². The number of piperidine rings is 1. The van der Waals surface area contributed by atoms with Crippen molar-refractivity contribution in [2.24, 2.45) is 5.92 Å². The van der Waals surface area contributed by atoms with Crippen LogP contribution in [0.1, 0.15) is 12.8 Å². The number of hydrogen-bond donors (Lipinski definition) is 3. The number of halogens is 1. The van der Waals surface area contributed by atoms with Crippen LogP contribution in [0.2, 0.25) is 5.02 Å². The molecule has 142 valence electrons. The molecule has 28 heavy (non-hydrogen) atoms. The van der Waals surface area contributed by atoms with Gasteiger partial charge in [0.25, 0.3) is 0 Å². The van der Waals surface area contributed by atoms with Gasteiger partial charge in [-0.1, -0.05) is 23.7 Å². The second kappa shape index (κ2) is 7.41. The van der Waals surface area contributed by atoms with Gasteiger partial charge in [-0.05, 0) is 62.2 Å². The quantitative estimate of drug-likeness (QED) is 0.465. The third-order valence-corrected chi connectivity index (χ3v) is 5.74. The Labute approximate surface area is 168 Å². The lowest BCUT2D eigenvalue weighted by Crippen LogP contribution is -2.31. The van der Waals surface area contributed by atoms with E-state index in [9.17, 15) is 0 Å². The number of aromatic amines is 1. The highest BCUT2D eigenvalue weighted by Crippen LogP contribution is 2.34. The van der Waals surface area contributed by atoms with Gasteiger partial charge < -0.3 is 15.6 Å². The summed E-state index contributed by atoms with van der Waals surface area (Å²) in [7, 11) is 0. The van der Waals surface area contributed by atoms with Crippen molar-refractivity contribution in [3.63, 3.8) is 0 Å². The van der Waals surface area contributed by atoms with Gasteiger partial charge in [-0.15, -0.1) is 0 Å². The Morgan fingerprint density at radius 3 is 2.79 bits per heavy atom. The van der Waals surface area contributed by atoms with E-state index in [4.69, 9.17) is 16.6 Å². The van der Waals surface area contributed by atoms with E-state index in [2.05, 4.69) is 20.6 Å². The number of para-hydroxylation sites is 2. The van der Waals surface area contributed by atoms with Crippen LogP contribution in [0.5, 0.6) is 0 Å². The number of hydrogen-bond acceptors (Lipinski definition) is 4. The summed E-state index contributed by atoms with van der Waals surface area (Å²) in [6, 6.07) is 14.0. The first-order valence-corrected chi connectivity index (χ1v) is 10.1. The van der Waals surface area contributed by atoms with Crippen molar-refractivity contribution >= 4 is 39.2 Å². The molecule has 3 N–H and O–H groups in total. The molecule has 5 nitrogen and oxygen atoms in total. The highest BCUT2D eigenvalue weighted by Gasteiger charge is 2.17. The van der Waals surface area contributed by atoms with E-state index in [0.717, 1.165) is 58.6 Å². The zero-order valence-electron chi connectivity index (χ0n) is 15.5. The summed E-state index contributed by atoms with van der Waals surface area (Å²) in [5, 5.41) is 8.91. The summed E-state index contributed by atoms with van der Waals surface area (Å²) in [6.45, 7) is 3.13. The van der Waals surface area contributed by atoms with Gasteiger partial charge in [0.05, 0.1) is 27.8 Å². The van der Waals surface area contributed by atoms with Gasteiger partial charge in [-0.2, -0.15) is 0 Å². The van der Waals surface area contributed by atoms with Crippen molar-refractivity contribution in [3.05, 3.63) is 53.7 Å². The van der Waals surface area contributed by atoms with Crippen molar-refractivity contribution in [3.8, 4) is 11.4 Å². The molecular weight excluding hydrogens is 370 g/mol. The third kappa shape index (κ3) is 3.32. The topological polar surface area (TPSA) is 65.6 Å². The van der Waals surface area contributed by atoms with Crippen molar-refractivity contribution in [2.45, 2.75) is 12.8 Å². The van der Waals surface area contributed by atoms with E-state index in [1.807, 2.05) is 48.7 Å². The van der Waals surface area contributed by atoms with Gasteiger partial charge in [0.15, 0.2) is 0 Å². The number of aromatic nitrogens is 3. The molecule has 1 fully saturated rings. The molecule has 0 saturated carbocycles. The summed E-state index contributed by atoms with van der Waals surface area (Å²) in [5.74, 6) is 1.50. The minimum Gasteiger partial charge on any atom is -0.384 e. The van der Waals surface area contributed by atoms with Gasteiger partial charge in [-0.25, -0.2) is 4.98 Å². The van der Waals surface area contributed by atoms with E-state index in [1.165, 1.54) is 12.8 Å². The van der Waals surface area contributed by atoms with Crippen LogP contribution in [0.15, 0.2) is 48.7 Å². The summed E-state index contributed by atoms with van der Waals surface area (Å²) in [4.78, 5) is 12.9. The monoisotopic (exact) mass is 391 g/mol. The summed E-state index contributed by atoms with van der Waals surface area (Å²) in [5.41, 5.74) is 4.93. The maximum Gasteiger partial charge on any atom is 0.142 e. The van der Waals surface area contributed by atoms with E-state index in [0.29, 0.717) is 10.9 Å². The van der Waals surface area contributed by atoms with Gasteiger partial charge in [0, 0.05) is 23.2 Å². The van der Waals surface area contributed by atoms with Gasteiger partial charge in [0.1, 0.15) is 5.82 Å². The van der Waals surface area contributed by atoms with Crippen LogP contribution >= 0.6 is 11.6 Å². The molecule has 0 radical (unpaired) electrons. The maximum absolute atomic E-state index is 6.19. The first-order chi connectivity index (χ1) is 13.8. The molecule has 1 aliphatic heterocycles. The predicted molar refractivity (Wildman–Crippen MR) is 116 cm³/mol. The minimum absolute atomic E-state index is 0.667. The molecule has 2 aromatic carbocycles. The molecule has 1 aliphatic rings. The van der Waals surface area contributed by atoms with Crippen LogP contribution in [-0.2, 0) is 0 Å². The number of nitrogens with zero attached hydrogens (tertiary/aromatic N) is 2. The highest BCUT2D eigenvalue weighted by molar-refractivity contribution is 6.31. The van der Waals surface area contributed by atoms with Crippen LogP contribution in [0.3, 0.4) is 0 Å². The Morgan fingerprint density at radius 2 is 1.93 bits per heavy atom. The molecule has 2 aromatic heterocycles. The molecule has 1 saturated heterocycles. The van der Waals surface area contributed by atoms with Gasteiger partial charge in [0.2, 0.25) is 0 Å². The second-order valence-electron chi connectivity index (χ2n) is 7.39. The van der Waals surface area contributed by atoms with E-state index in [1.54, 1.807) is 0 Å². The predicted octanol–water partition coefficient (Wildman–Crippen LogP) is 4.84. The SMILES string of the molecule is Clc1ccc2c(NCC3CCNCC3)c(-c3nc4ccccc4[nH]3)cnc2c1. The molecule has 4 aromatic rings. The number of anilines is 1. The van der Waals surface area contributed by atoms with Crippen LogP contribution in [0, 0.1) is 5.92 Å². The molecule has 0 amide bonds. The fourth-order valence-corrected chi connectivity index (χ4v) is 4.12. The standard InChI is InChI=1S/C22H22ClN5/c23-15-5-6-16-20(11-15)25-13-17(21(16)26-12-14-7-9-24-10-8-14)22-27-18-3-1-2-4-19(18)28-22/h1-6,11,13-14,24H,7-10,12H2,(H,25,26)(H,27,28). The molecule has 0 unspecified atom stereocenters. The van der Waals surface area contributed by atoms with Crippen molar-refractivity contribution in [1.82, 2.24) is 20.3 Å². The summed E-state index contributed by atoms with van der Waals surface area (Å²) in [6.07, 6.45) is 4.28. The fourth-order valence-electron chi connectivity index (χ4n) is 3.95. The van der Waals surface area contributed by atoms with Crippen LogP contribution in [0.25, 0.3) is 33.3 Å². The van der Waals surface area contributed by atoms with Crippen LogP contribution in [-0.4, -0.2) is 34.6 Å². The Hall–Kier alpha value is -2.63. The Kier molecular flexibility index (Phi) is 4.63. The Morgan fingerprint density at radius 1 is 1.07 bits per heavy atom. The van der Waals surface area contributed by atoms with E-state index < -0.39 is 0 Å². The number of rotatable bonds is 4. The Balaban J connectivity index is 1.59. The van der Waals surface area contributed by atoms with Crippen molar-refractivity contribution < 1.29 is 0 Å². The molecule has 0 atom stereocenters. The minimum atomic E-state index is 0.667. The maximum atomic E-state index is 6.19. The third-order valence-electron chi connectivity index (χ3n) is 5.50. The van der Waals surface area contributed by atoms with E-state index in [-0.39, 0.29) is 0 Å². The van der Waals surface area contributed by atoms with Gasteiger partial charge in [-0.3, -0.25) is 4.98 Å². The molecule has 5 rings (SSSR count). The lowest BCUT2D eigenvalue weighted by molar-refractivity contribution is 0.390. The molecule has 0 bridgehead atoms. The number of imidazole rings is 1. The average Bonchev–Trinajstić information content (AvgIpc) is 3.16. The largest absolute Gasteiger partial charge is 0.384 e. The number of pyridine rings is 1.